The molecule has 0 spiro atoms. The Morgan fingerprint density at radius 1 is 0.962 bits per heavy atom. The molecular weight excluding hydrogens is 324 g/mol. The molecule has 0 aliphatic heterocycles. The summed E-state index contributed by atoms with van der Waals surface area (Å²) in [6, 6.07) is 6.31. The van der Waals surface area contributed by atoms with Gasteiger partial charge in [0.2, 0.25) is 5.95 Å². The third-order valence-corrected chi connectivity index (χ3v) is 4.23. The van der Waals surface area contributed by atoms with Crippen LogP contribution in [-0.2, 0) is 0 Å². The fourth-order valence-corrected chi connectivity index (χ4v) is 3.01. The van der Waals surface area contributed by atoms with E-state index in [2.05, 4.69) is 71.1 Å². The topological polar surface area (TPSA) is 66.8 Å². The first kappa shape index (κ1) is 18.0. The van der Waals surface area contributed by atoms with Gasteiger partial charge in [-0.1, -0.05) is 31.5 Å². The Balaban J connectivity index is 2.07. The van der Waals surface area contributed by atoms with Crippen molar-refractivity contribution in [2.24, 2.45) is 0 Å². The highest BCUT2D eigenvalue weighted by atomic mass is 15.3. The molecule has 0 radical (unpaired) electrons. The molecular formula is C20H26N6. The minimum absolute atomic E-state index is 0.613. The zero-order chi connectivity index (χ0) is 18.5. The van der Waals surface area contributed by atoms with Crippen LogP contribution in [0.25, 0.3) is 11.2 Å². The molecule has 0 amide bonds. The van der Waals surface area contributed by atoms with E-state index in [4.69, 9.17) is 4.98 Å². The van der Waals surface area contributed by atoms with Crippen LogP contribution >= 0.6 is 0 Å². The lowest BCUT2D eigenvalue weighted by atomic mass is 10.1. The summed E-state index contributed by atoms with van der Waals surface area (Å²) in [5.41, 5.74) is 4.72. The molecule has 3 rings (SSSR count). The molecule has 2 heterocycles. The van der Waals surface area contributed by atoms with Crippen molar-refractivity contribution in [3.63, 3.8) is 0 Å². The highest BCUT2D eigenvalue weighted by Crippen LogP contribution is 2.26. The van der Waals surface area contributed by atoms with E-state index >= 15 is 0 Å². The van der Waals surface area contributed by atoms with Gasteiger partial charge in [-0.25, -0.2) is 9.97 Å². The molecule has 0 unspecified atom stereocenters. The van der Waals surface area contributed by atoms with Gasteiger partial charge in [-0.2, -0.15) is 9.97 Å². The van der Waals surface area contributed by atoms with Gasteiger partial charge in [0.25, 0.3) is 0 Å². The van der Waals surface area contributed by atoms with Crippen LogP contribution in [0.2, 0.25) is 0 Å². The Hall–Kier alpha value is -2.76. The van der Waals surface area contributed by atoms with E-state index in [1.807, 2.05) is 0 Å². The molecule has 1 aromatic carbocycles. The molecule has 0 saturated carbocycles. The average molecular weight is 350 g/mol. The van der Waals surface area contributed by atoms with Gasteiger partial charge >= 0.3 is 0 Å². The minimum atomic E-state index is 0.613. The molecule has 0 fully saturated rings. The van der Waals surface area contributed by atoms with Gasteiger partial charge in [0.05, 0.1) is 0 Å². The van der Waals surface area contributed by atoms with Gasteiger partial charge in [-0.3, -0.25) is 0 Å². The van der Waals surface area contributed by atoms with Gasteiger partial charge in [0.15, 0.2) is 17.0 Å². The average Bonchev–Trinajstić information content (AvgIpc) is 2.63. The van der Waals surface area contributed by atoms with Crippen molar-refractivity contribution < 1.29 is 0 Å². The van der Waals surface area contributed by atoms with Crippen LogP contribution in [0.15, 0.2) is 30.6 Å². The van der Waals surface area contributed by atoms with Crippen molar-refractivity contribution in [1.29, 1.82) is 0 Å². The number of hydrogen-bond donors (Lipinski definition) is 1. The molecule has 0 atom stereocenters. The summed E-state index contributed by atoms with van der Waals surface area (Å²) < 4.78 is 0. The van der Waals surface area contributed by atoms with Crippen molar-refractivity contribution >= 4 is 28.6 Å². The Kier molecular flexibility index (Phi) is 5.61. The summed E-state index contributed by atoms with van der Waals surface area (Å²) in [7, 11) is 0. The predicted molar refractivity (Wildman–Crippen MR) is 107 cm³/mol. The van der Waals surface area contributed by atoms with Crippen molar-refractivity contribution in [2.75, 3.05) is 23.3 Å². The number of aryl methyl sites for hydroxylation is 2. The first-order valence-corrected chi connectivity index (χ1v) is 9.20. The molecule has 0 saturated heterocycles. The predicted octanol–water partition coefficient (Wildman–Crippen LogP) is 4.41. The summed E-state index contributed by atoms with van der Waals surface area (Å²) in [5.74, 6) is 1.40. The van der Waals surface area contributed by atoms with Gasteiger partial charge < -0.3 is 10.2 Å². The van der Waals surface area contributed by atoms with E-state index in [1.165, 1.54) is 11.1 Å². The van der Waals surface area contributed by atoms with Gasteiger partial charge in [-0.15, -0.1) is 0 Å². The molecule has 136 valence electrons. The SMILES string of the molecule is CCCN(CCC)c1nc(Nc2ccc(C)cc2C)c2nccnc2n1. The van der Waals surface area contributed by atoms with E-state index in [0.717, 1.165) is 31.6 Å². The van der Waals surface area contributed by atoms with E-state index in [0.29, 0.717) is 22.9 Å². The Bertz CT molecular complexity index is 887. The number of aromatic nitrogens is 4. The Morgan fingerprint density at radius 2 is 1.69 bits per heavy atom. The molecule has 2 aromatic heterocycles. The monoisotopic (exact) mass is 350 g/mol. The smallest absolute Gasteiger partial charge is 0.229 e. The quantitative estimate of drug-likeness (QED) is 0.681. The highest BCUT2D eigenvalue weighted by molar-refractivity contribution is 5.86. The third-order valence-electron chi connectivity index (χ3n) is 4.23. The minimum Gasteiger partial charge on any atom is -0.341 e. The van der Waals surface area contributed by atoms with Crippen LogP contribution in [0.1, 0.15) is 37.8 Å². The van der Waals surface area contributed by atoms with Crippen molar-refractivity contribution in [2.45, 2.75) is 40.5 Å². The van der Waals surface area contributed by atoms with Crippen LogP contribution in [0.3, 0.4) is 0 Å². The van der Waals surface area contributed by atoms with Crippen LogP contribution in [0, 0.1) is 13.8 Å². The van der Waals surface area contributed by atoms with Crippen LogP contribution < -0.4 is 10.2 Å². The number of benzene rings is 1. The summed E-state index contributed by atoms with van der Waals surface area (Å²) in [5, 5.41) is 3.44. The normalized spacial score (nSPS) is 10.9. The number of rotatable bonds is 7. The number of hydrogen-bond acceptors (Lipinski definition) is 6. The highest BCUT2D eigenvalue weighted by Gasteiger charge is 2.15. The van der Waals surface area contributed by atoms with Crippen LogP contribution in [0.4, 0.5) is 17.5 Å². The molecule has 6 heteroatoms. The molecule has 3 aromatic rings. The number of nitrogens with zero attached hydrogens (tertiary/aromatic N) is 5. The molecule has 26 heavy (non-hydrogen) atoms. The number of fused-ring (bicyclic) bond motifs is 1. The Morgan fingerprint density at radius 3 is 2.38 bits per heavy atom. The van der Waals surface area contributed by atoms with Gasteiger partial charge in [0.1, 0.15) is 0 Å². The van der Waals surface area contributed by atoms with E-state index in [-0.39, 0.29) is 0 Å². The third kappa shape index (κ3) is 3.90. The summed E-state index contributed by atoms with van der Waals surface area (Å²) >= 11 is 0. The summed E-state index contributed by atoms with van der Waals surface area (Å²) in [4.78, 5) is 20.5. The van der Waals surface area contributed by atoms with Crippen molar-refractivity contribution in [3.05, 3.63) is 41.7 Å². The summed E-state index contributed by atoms with van der Waals surface area (Å²) in [6.45, 7) is 10.3. The standard InChI is InChI=1S/C20H26N6/c1-5-11-26(12-6-2)20-24-18-17(21-9-10-22-18)19(25-20)23-16-8-7-14(3)13-15(16)4/h7-10,13H,5-6,11-12H2,1-4H3,(H,22,23,24,25). The van der Waals surface area contributed by atoms with Crippen LogP contribution in [0.5, 0.6) is 0 Å². The lowest BCUT2D eigenvalue weighted by molar-refractivity contribution is 0.723. The lowest BCUT2D eigenvalue weighted by Gasteiger charge is -2.22. The first-order chi connectivity index (χ1) is 12.6. The van der Waals surface area contributed by atoms with Crippen LogP contribution in [-0.4, -0.2) is 33.0 Å². The second kappa shape index (κ2) is 8.08. The fraction of sp³-hybridized carbons (Fsp3) is 0.400. The molecule has 6 nitrogen and oxygen atoms in total. The molecule has 1 N–H and O–H groups in total. The maximum Gasteiger partial charge on any atom is 0.229 e. The number of nitrogens with one attached hydrogen (secondary N) is 1. The zero-order valence-electron chi connectivity index (χ0n) is 16.0. The zero-order valence-corrected chi connectivity index (χ0v) is 16.0. The van der Waals surface area contributed by atoms with E-state index in [9.17, 15) is 0 Å². The molecule has 0 bridgehead atoms. The molecule has 0 aliphatic carbocycles. The van der Waals surface area contributed by atoms with Crippen molar-refractivity contribution in [3.8, 4) is 0 Å². The largest absolute Gasteiger partial charge is 0.341 e. The lowest BCUT2D eigenvalue weighted by Crippen LogP contribution is -2.27. The molecule has 0 aliphatic rings. The Labute approximate surface area is 154 Å². The second-order valence-corrected chi connectivity index (χ2v) is 6.53. The maximum atomic E-state index is 4.80. The number of anilines is 3. The van der Waals surface area contributed by atoms with E-state index < -0.39 is 0 Å². The van der Waals surface area contributed by atoms with E-state index in [1.54, 1.807) is 12.4 Å². The van der Waals surface area contributed by atoms with Crippen molar-refractivity contribution in [1.82, 2.24) is 19.9 Å². The first-order valence-electron chi connectivity index (χ1n) is 9.20. The van der Waals surface area contributed by atoms with Gasteiger partial charge in [0, 0.05) is 31.2 Å². The fourth-order valence-electron chi connectivity index (χ4n) is 3.01. The van der Waals surface area contributed by atoms with Gasteiger partial charge in [-0.05, 0) is 38.3 Å². The second-order valence-electron chi connectivity index (χ2n) is 6.53. The maximum absolute atomic E-state index is 4.80. The summed E-state index contributed by atoms with van der Waals surface area (Å²) in [6.07, 6.45) is 5.43.